The Kier molecular flexibility index (Phi) is 3.95. The lowest BCUT2D eigenvalue weighted by molar-refractivity contribution is -0.383. The number of nitrogens with two attached hydrogens (primary N) is 1. The zero-order chi connectivity index (χ0) is 14.5. The maximum Gasteiger partial charge on any atom is 0.292 e. The number of nitrogen functional groups attached to an aromatic ring is 1. The van der Waals surface area contributed by atoms with Crippen molar-refractivity contribution >= 4 is 17.3 Å². The number of anilines is 1. The van der Waals surface area contributed by atoms with Gasteiger partial charge in [0.25, 0.3) is 11.6 Å². The van der Waals surface area contributed by atoms with Gasteiger partial charge in [-0.3, -0.25) is 14.9 Å². The summed E-state index contributed by atoms with van der Waals surface area (Å²) in [7, 11) is 0. The normalized spacial score (nSPS) is 10.0. The van der Waals surface area contributed by atoms with Crippen LogP contribution in [0.1, 0.15) is 15.9 Å². The van der Waals surface area contributed by atoms with Gasteiger partial charge >= 0.3 is 0 Å². The van der Waals surface area contributed by atoms with Crippen LogP contribution in [0.4, 0.5) is 11.4 Å². The number of nitro groups is 1. The highest BCUT2D eigenvalue weighted by atomic mass is 16.6. The smallest absolute Gasteiger partial charge is 0.292 e. The van der Waals surface area contributed by atoms with Gasteiger partial charge in [-0.2, -0.15) is 0 Å². The van der Waals surface area contributed by atoms with Gasteiger partial charge in [-0.1, -0.05) is 30.3 Å². The molecule has 102 valence electrons. The Bertz CT molecular complexity index is 641. The lowest BCUT2D eigenvalue weighted by Gasteiger charge is -2.06. The van der Waals surface area contributed by atoms with Crippen LogP contribution in [-0.2, 0) is 6.54 Å². The summed E-state index contributed by atoms with van der Waals surface area (Å²) in [4.78, 5) is 22.0. The van der Waals surface area contributed by atoms with Crippen molar-refractivity contribution in [2.24, 2.45) is 0 Å². The van der Waals surface area contributed by atoms with Crippen molar-refractivity contribution < 1.29 is 9.72 Å². The van der Waals surface area contributed by atoms with Crippen molar-refractivity contribution in [2.75, 3.05) is 5.73 Å². The van der Waals surface area contributed by atoms with Crippen molar-refractivity contribution in [3.05, 3.63) is 69.8 Å². The third kappa shape index (κ3) is 3.11. The molecule has 2 aromatic rings. The molecule has 0 atom stereocenters. The third-order valence-corrected chi connectivity index (χ3v) is 2.78. The second kappa shape index (κ2) is 5.83. The van der Waals surface area contributed by atoms with E-state index in [1.807, 2.05) is 30.3 Å². The molecular weight excluding hydrogens is 258 g/mol. The van der Waals surface area contributed by atoms with Crippen LogP contribution in [0.3, 0.4) is 0 Å². The molecule has 0 spiro atoms. The van der Waals surface area contributed by atoms with Crippen LogP contribution in [0.25, 0.3) is 0 Å². The number of hydrogen-bond acceptors (Lipinski definition) is 4. The van der Waals surface area contributed by atoms with Gasteiger partial charge in [0.1, 0.15) is 5.69 Å². The summed E-state index contributed by atoms with van der Waals surface area (Å²) in [6.45, 7) is 0.385. The first-order chi connectivity index (χ1) is 9.58. The van der Waals surface area contributed by atoms with Crippen molar-refractivity contribution in [3.8, 4) is 0 Å². The number of nitro benzene ring substituents is 1. The summed E-state index contributed by atoms with van der Waals surface area (Å²) in [5, 5.41) is 13.4. The van der Waals surface area contributed by atoms with Gasteiger partial charge < -0.3 is 11.1 Å². The molecule has 2 rings (SSSR count). The van der Waals surface area contributed by atoms with Crippen LogP contribution in [0.5, 0.6) is 0 Å². The first-order valence-corrected chi connectivity index (χ1v) is 5.94. The number of carbonyl (C=O) groups excluding carboxylic acids is 1. The Balaban J connectivity index is 2.06. The number of nitrogens with one attached hydrogen (secondary N) is 1. The molecule has 0 radical (unpaired) electrons. The molecule has 0 unspecified atom stereocenters. The topological polar surface area (TPSA) is 98.3 Å². The number of rotatable bonds is 4. The lowest BCUT2D eigenvalue weighted by atomic mass is 10.1. The average molecular weight is 271 g/mol. The summed E-state index contributed by atoms with van der Waals surface area (Å²) < 4.78 is 0. The zero-order valence-electron chi connectivity index (χ0n) is 10.6. The van der Waals surface area contributed by atoms with Crippen molar-refractivity contribution in [3.63, 3.8) is 0 Å². The molecule has 1 amide bonds. The third-order valence-electron chi connectivity index (χ3n) is 2.78. The second-order valence-electron chi connectivity index (χ2n) is 4.20. The minimum atomic E-state index is -0.582. The first kappa shape index (κ1) is 13.5. The SMILES string of the molecule is Nc1cc(C(=O)NCc2ccccc2)ccc1[N+](=O)[O-]. The van der Waals surface area contributed by atoms with Crippen LogP contribution in [0.15, 0.2) is 48.5 Å². The Hall–Kier alpha value is -2.89. The second-order valence-corrected chi connectivity index (χ2v) is 4.20. The zero-order valence-corrected chi connectivity index (χ0v) is 10.6. The van der Waals surface area contributed by atoms with Gasteiger partial charge in [0.2, 0.25) is 0 Å². The van der Waals surface area contributed by atoms with E-state index in [0.717, 1.165) is 5.56 Å². The molecule has 0 heterocycles. The van der Waals surface area contributed by atoms with E-state index in [1.165, 1.54) is 18.2 Å². The number of hydrogen-bond donors (Lipinski definition) is 2. The highest BCUT2D eigenvalue weighted by Gasteiger charge is 2.14. The van der Waals surface area contributed by atoms with Gasteiger partial charge in [0.05, 0.1) is 4.92 Å². The largest absolute Gasteiger partial charge is 0.393 e. The van der Waals surface area contributed by atoms with E-state index in [-0.39, 0.29) is 17.3 Å². The highest BCUT2D eigenvalue weighted by Crippen LogP contribution is 2.21. The van der Waals surface area contributed by atoms with Gasteiger partial charge in [-0.05, 0) is 17.7 Å². The van der Waals surface area contributed by atoms with E-state index in [9.17, 15) is 14.9 Å². The molecule has 3 N–H and O–H groups in total. The quantitative estimate of drug-likeness (QED) is 0.505. The van der Waals surface area contributed by atoms with Crippen LogP contribution >= 0.6 is 0 Å². The number of amides is 1. The van der Waals surface area contributed by atoms with Crippen LogP contribution in [-0.4, -0.2) is 10.8 Å². The van der Waals surface area contributed by atoms with E-state index in [2.05, 4.69) is 5.32 Å². The Morgan fingerprint density at radius 3 is 2.50 bits per heavy atom. The fourth-order valence-corrected chi connectivity index (χ4v) is 1.74. The first-order valence-electron chi connectivity index (χ1n) is 5.94. The lowest BCUT2D eigenvalue weighted by Crippen LogP contribution is -2.22. The predicted molar refractivity (Wildman–Crippen MR) is 75.1 cm³/mol. The molecular formula is C14H13N3O3. The maximum absolute atomic E-state index is 11.9. The molecule has 20 heavy (non-hydrogen) atoms. The summed E-state index contributed by atoms with van der Waals surface area (Å²) >= 11 is 0. The number of benzene rings is 2. The van der Waals surface area contributed by atoms with Crippen LogP contribution in [0.2, 0.25) is 0 Å². The summed E-state index contributed by atoms with van der Waals surface area (Å²) in [6, 6.07) is 13.4. The van der Waals surface area contributed by atoms with Gasteiger partial charge in [0, 0.05) is 18.2 Å². The standard InChI is InChI=1S/C14H13N3O3/c15-12-8-11(6-7-13(12)17(19)20)14(18)16-9-10-4-2-1-3-5-10/h1-8H,9,15H2,(H,16,18). The number of nitrogens with zero attached hydrogens (tertiary/aromatic N) is 1. The Labute approximate surface area is 115 Å². The molecule has 0 aliphatic carbocycles. The molecule has 0 bridgehead atoms. The fourth-order valence-electron chi connectivity index (χ4n) is 1.74. The molecule has 6 heteroatoms. The summed E-state index contributed by atoms with van der Waals surface area (Å²) in [5.41, 5.74) is 6.58. The molecule has 0 saturated carbocycles. The highest BCUT2D eigenvalue weighted by molar-refractivity contribution is 5.95. The molecule has 0 saturated heterocycles. The van der Waals surface area contributed by atoms with E-state index < -0.39 is 4.92 Å². The monoisotopic (exact) mass is 271 g/mol. The molecule has 0 fully saturated rings. The van der Waals surface area contributed by atoms with E-state index in [1.54, 1.807) is 0 Å². The van der Waals surface area contributed by atoms with Crippen molar-refractivity contribution in [1.82, 2.24) is 5.32 Å². The minimum absolute atomic E-state index is 0.0256. The minimum Gasteiger partial charge on any atom is -0.393 e. The Morgan fingerprint density at radius 1 is 1.20 bits per heavy atom. The summed E-state index contributed by atoms with van der Waals surface area (Å²) in [5.74, 6) is -0.324. The Morgan fingerprint density at radius 2 is 1.90 bits per heavy atom. The van der Waals surface area contributed by atoms with E-state index in [4.69, 9.17) is 5.73 Å². The van der Waals surface area contributed by atoms with Gasteiger partial charge in [-0.15, -0.1) is 0 Å². The van der Waals surface area contributed by atoms with Gasteiger partial charge in [0.15, 0.2) is 0 Å². The predicted octanol–water partition coefficient (Wildman–Crippen LogP) is 2.11. The van der Waals surface area contributed by atoms with E-state index in [0.29, 0.717) is 12.1 Å². The van der Waals surface area contributed by atoms with Crippen molar-refractivity contribution in [1.29, 1.82) is 0 Å². The molecule has 2 aromatic carbocycles. The fraction of sp³-hybridized carbons (Fsp3) is 0.0714. The van der Waals surface area contributed by atoms with Crippen LogP contribution in [0, 0.1) is 10.1 Å². The van der Waals surface area contributed by atoms with Gasteiger partial charge in [-0.25, -0.2) is 0 Å². The molecule has 6 nitrogen and oxygen atoms in total. The summed E-state index contributed by atoms with van der Waals surface area (Å²) in [6.07, 6.45) is 0. The van der Waals surface area contributed by atoms with Crippen LogP contribution < -0.4 is 11.1 Å². The number of carbonyl (C=O) groups is 1. The average Bonchev–Trinajstić information content (AvgIpc) is 2.45. The van der Waals surface area contributed by atoms with E-state index >= 15 is 0 Å². The molecule has 0 aromatic heterocycles. The molecule has 0 aliphatic rings. The van der Waals surface area contributed by atoms with Crippen molar-refractivity contribution in [2.45, 2.75) is 6.54 Å². The maximum atomic E-state index is 11.9. The molecule has 0 aliphatic heterocycles.